The molecule has 0 unspecified atom stereocenters. The maximum Gasteiger partial charge on any atom is 0.707 e. The lowest BCUT2D eigenvalue weighted by molar-refractivity contribution is -0.141. The van der Waals surface area contributed by atoms with Gasteiger partial charge in [-0.3, -0.25) is 0 Å². The Bertz CT molecular complexity index is 422. The summed E-state index contributed by atoms with van der Waals surface area (Å²) < 4.78 is 60.3. The summed E-state index contributed by atoms with van der Waals surface area (Å²) in [5, 5.41) is 16.9. The molecule has 0 atom stereocenters. The summed E-state index contributed by atoms with van der Waals surface area (Å²) in [4.78, 5) is 0. The fraction of sp³-hybridized carbons (Fsp3) is 0.333. The summed E-state index contributed by atoms with van der Waals surface area (Å²) in [6, 6.07) is 1.65. The number of hydrogen-bond donors (Lipinski definition) is 2. The first kappa shape index (κ1) is 14.6. The Balaban J connectivity index is 3.32. The smallest absolute Gasteiger partial charge is 0.511 e. The van der Waals surface area contributed by atoms with Crippen molar-refractivity contribution in [1.29, 1.82) is 0 Å². The molecule has 0 aromatic heterocycles. The zero-order valence-corrected chi connectivity index (χ0v) is 9.16. The van der Waals surface area contributed by atoms with Crippen LogP contribution < -0.4 is 9.39 Å². The second kappa shape index (κ2) is 5.45. The van der Waals surface area contributed by atoms with E-state index in [4.69, 9.17) is 10.0 Å². The van der Waals surface area contributed by atoms with E-state index in [0.717, 1.165) is 12.1 Å². The maximum atomic E-state index is 13.6. The van der Waals surface area contributed by atoms with Crippen molar-refractivity contribution in [1.82, 2.24) is 0 Å². The molecule has 1 aromatic carbocycles. The predicted molar refractivity (Wildman–Crippen MR) is 53.4 cm³/mol. The fourth-order valence-electron chi connectivity index (χ4n) is 1.28. The van der Waals surface area contributed by atoms with Gasteiger partial charge in [0, 0.05) is 0 Å². The normalized spacial score (nSPS) is 11.3. The third-order valence-electron chi connectivity index (χ3n) is 1.88. The number of benzene rings is 1. The molecule has 0 fully saturated rings. The van der Waals surface area contributed by atoms with Crippen molar-refractivity contribution >= 4 is 7.32 Å². The van der Waals surface area contributed by atoms with Gasteiger partial charge < -0.3 is 19.4 Å². The zero-order valence-electron chi connectivity index (χ0n) is 9.16. The van der Waals surface area contributed by atoms with E-state index >= 15 is 0 Å². The molecule has 1 aromatic rings. The third kappa shape index (κ3) is 3.27. The zero-order chi connectivity index (χ0) is 13.9. The standard InChI is InChI=1S/C9H9BF4O4/c1-2-17-6-4-3-5(18-10(15)16)7(8(6)11)9(12,13)14/h3-4,15-16H,2H2,1H3. The summed E-state index contributed by atoms with van der Waals surface area (Å²) in [7, 11) is -2.48. The Hall–Kier alpha value is -1.48. The van der Waals surface area contributed by atoms with Crippen LogP contribution in [0.15, 0.2) is 12.1 Å². The molecule has 0 radical (unpaired) electrons. The molecule has 0 aliphatic heterocycles. The predicted octanol–water partition coefficient (Wildman–Crippen LogP) is 1.59. The molecule has 0 saturated carbocycles. The molecular weight excluding hydrogens is 259 g/mol. The van der Waals surface area contributed by atoms with Crippen molar-refractivity contribution < 1.29 is 37.0 Å². The summed E-state index contributed by atoms with van der Waals surface area (Å²) >= 11 is 0. The van der Waals surface area contributed by atoms with Crippen molar-refractivity contribution in [2.45, 2.75) is 13.1 Å². The highest BCUT2D eigenvalue weighted by Gasteiger charge is 2.40. The number of rotatable bonds is 4. The topological polar surface area (TPSA) is 58.9 Å². The molecule has 0 spiro atoms. The quantitative estimate of drug-likeness (QED) is 0.643. The number of alkyl halides is 3. The molecule has 0 bridgehead atoms. The van der Waals surface area contributed by atoms with Crippen molar-refractivity contribution in [3.63, 3.8) is 0 Å². The minimum atomic E-state index is -5.05. The molecule has 2 N–H and O–H groups in total. The van der Waals surface area contributed by atoms with Crippen LogP contribution in [0.2, 0.25) is 0 Å². The van der Waals surface area contributed by atoms with Crippen molar-refractivity contribution in [3.8, 4) is 11.5 Å². The van der Waals surface area contributed by atoms with Gasteiger partial charge in [-0.2, -0.15) is 13.2 Å². The van der Waals surface area contributed by atoms with Crippen LogP contribution in [0.25, 0.3) is 0 Å². The Kier molecular flexibility index (Phi) is 4.41. The molecule has 100 valence electrons. The van der Waals surface area contributed by atoms with Gasteiger partial charge in [-0.05, 0) is 19.1 Å². The van der Waals surface area contributed by atoms with Gasteiger partial charge >= 0.3 is 13.5 Å². The lowest BCUT2D eigenvalue weighted by atomic mass is 10.1. The number of halogens is 4. The van der Waals surface area contributed by atoms with Gasteiger partial charge in [-0.25, -0.2) is 4.39 Å². The number of hydrogen-bond acceptors (Lipinski definition) is 4. The first-order valence-corrected chi connectivity index (χ1v) is 4.82. The van der Waals surface area contributed by atoms with Gasteiger partial charge in [-0.1, -0.05) is 0 Å². The van der Waals surface area contributed by atoms with Gasteiger partial charge in [0.15, 0.2) is 11.6 Å². The van der Waals surface area contributed by atoms with Crippen LogP contribution in [0.5, 0.6) is 11.5 Å². The summed E-state index contributed by atoms with van der Waals surface area (Å²) in [6.45, 7) is 1.46. The highest BCUT2D eigenvalue weighted by atomic mass is 19.4. The summed E-state index contributed by atoms with van der Waals surface area (Å²) in [5.74, 6) is -3.29. The van der Waals surface area contributed by atoms with E-state index in [1.54, 1.807) is 0 Å². The molecule has 18 heavy (non-hydrogen) atoms. The fourth-order valence-corrected chi connectivity index (χ4v) is 1.28. The van der Waals surface area contributed by atoms with Crippen LogP contribution in [0, 0.1) is 5.82 Å². The molecule has 0 aliphatic rings. The van der Waals surface area contributed by atoms with Crippen LogP contribution in [0.3, 0.4) is 0 Å². The lowest BCUT2D eigenvalue weighted by Crippen LogP contribution is -2.23. The molecule has 0 saturated heterocycles. The van der Waals surface area contributed by atoms with E-state index in [0.29, 0.717) is 0 Å². The van der Waals surface area contributed by atoms with E-state index < -0.39 is 36.4 Å². The Morgan fingerprint density at radius 2 is 1.78 bits per heavy atom. The largest absolute Gasteiger partial charge is 0.707 e. The van der Waals surface area contributed by atoms with Gasteiger partial charge in [0.2, 0.25) is 0 Å². The van der Waals surface area contributed by atoms with Crippen LogP contribution in [-0.4, -0.2) is 24.0 Å². The Labute approximate surface area is 99.9 Å². The molecule has 0 heterocycles. The number of ether oxygens (including phenoxy) is 1. The van der Waals surface area contributed by atoms with Gasteiger partial charge in [0.05, 0.1) is 6.61 Å². The van der Waals surface area contributed by atoms with Crippen LogP contribution in [-0.2, 0) is 6.18 Å². The highest BCUT2D eigenvalue weighted by molar-refractivity contribution is 6.33. The van der Waals surface area contributed by atoms with Gasteiger partial charge in [-0.15, -0.1) is 0 Å². The SMILES string of the molecule is CCOc1ccc(OB(O)O)c(C(F)(F)F)c1F. The molecule has 1 rings (SSSR count). The molecule has 0 amide bonds. The highest BCUT2D eigenvalue weighted by Crippen LogP contribution is 2.41. The molecule has 9 heteroatoms. The Morgan fingerprint density at radius 3 is 2.22 bits per heavy atom. The molecule has 0 aliphatic carbocycles. The van der Waals surface area contributed by atoms with Crippen LogP contribution >= 0.6 is 0 Å². The summed E-state index contributed by atoms with van der Waals surface area (Å²) in [6.07, 6.45) is -5.05. The van der Waals surface area contributed by atoms with Crippen molar-refractivity contribution in [3.05, 3.63) is 23.5 Å². The van der Waals surface area contributed by atoms with Gasteiger partial charge in [0.25, 0.3) is 0 Å². The van der Waals surface area contributed by atoms with E-state index in [1.807, 2.05) is 0 Å². The monoisotopic (exact) mass is 268 g/mol. The molecule has 4 nitrogen and oxygen atoms in total. The average Bonchev–Trinajstić information content (AvgIpc) is 2.19. The second-order valence-electron chi connectivity index (χ2n) is 3.13. The van der Waals surface area contributed by atoms with E-state index in [1.165, 1.54) is 6.92 Å². The first-order valence-electron chi connectivity index (χ1n) is 4.82. The molecular formula is C9H9BF4O4. The summed E-state index contributed by atoms with van der Waals surface area (Å²) in [5.41, 5.74) is -1.75. The minimum absolute atomic E-state index is 0.0168. The van der Waals surface area contributed by atoms with E-state index in [-0.39, 0.29) is 6.61 Å². The lowest BCUT2D eigenvalue weighted by Gasteiger charge is -2.16. The van der Waals surface area contributed by atoms with Crippen LogP contribution in [0.4, 0.5) is 17.6 Å². The third-order valence-corrected chi connectivity index (χ3v) is 1.88. The van der Waals surface area contributed by atoms with Gasteiger partial charge in [0.1, 0.15) is 11.3 Å². The Morgan fingerprint density at radius 1 is 1.22 bits per heavy atom. The van der Waals surface area contributed by atoms with Crippen molar-refractivity contribution in [2.24, 2.45) is 0 Å². The average molecular weight is 268 g/mol. The van der Waals surface area contributed by atoms with E-state index in [9.17, 15) is 17.6 Å². The second-order valence-corrected chi connectivity index (χ2v) is 3.13. The van der Waals surface area contributed by atoms with Crippen LogP contribution in [0.1, 0.15) is 12.5 Å². The maximum absolute atomic E-state index is 13.6. The van der Waals surface area contributed by atoms with E-state index in [2.05, 4.69) is 9.39 Å². The first-order chi connectivity index (χ1) is 8.27. The van der Waals surface area contributed by atoms with Crippen molar-refractivity contribution in [2.75, 3.05) is 6.61 Å². The minimum Gasteiger partial charge on any atom is -0.511 e.